The van der Waals surface area contributed by atoms with Gasteiger partial charge in [0.1, 0.15) is 0 Å². The van der Waals surface area contributed by atoms with Crippen molar-refractivity contribution in [1.29, 1.82) is 0 Å². The second-order valence-electron chi connectivity index (χ2n) is 9.20. The van der Waals surface area contributed by atoms with Gasteiger partial charge >= 0.3 is 0 Å². The number of pyridine rings is 1. The van der Waals surface area contributed by atoms with Gasteiger partial charge in [0.25, 0.3) is 0 Å². The smallest absolute Gasteiger partial charge is 0.243 e. The van der Waals surface area contributed by atoms with E-state index in [-0.39, 0.29) is 11.8 Å². The van der Waals surface area contributed by atoms with Crippen molar-refractivity contribution in [1.82, 2.24) is 19.1 Å². The van der Waals surface area contributed by atoms with Gasteiger partial charge in [-0.1, -0.05) is 6.07 Å². The number of piperidine rings is 1. The van der Waals surface area contributed by atoms with Gasteiger partial charge in [-0.25, -0.2) is 18.1 Å². The first-order valence-corrected chi connectivity index (χ1v) is 13.2. The minimum absolute atomic E-state index is 0.102. The van der Waals surface area contributed by atoms with Crippen LogP contribution in [-0.2, 0) is 27.7 Å². The molecule has 0 spiro atoms. The summed E-state index contributed by atoms with van der Waals surface area (Å²) < 4.78 is 29.6. The Balaban J connectivity index is 1.19. The van der Waals surface area contributed by atoms with E-state index < -0.39 is 10.0 Å². The number of sulfonamides is 1. The summed E-state index contributed by atoms with van der Waals surface area (Å²) in [6, 6.07) is 11.1. The van der Waals surface area contributed by atoms with Crippen molar-refractivity contribution in [3.05, 3.63) is 65.1 Å². The Kier molecular flexibility index (Phi) is 5.99. The van der Waals surface area contributed by atoms with Crippen molar-refractivity contribution >= 4 is 21.6 Å². The molecule has 2 aliphatic rings. The van der Waals surface area contributed by atoms with Gasteiger partial charge in [0.15, 0.2) is 5.82 Å². The number of aromatic nitrogens is 3. The third-order valence-corrected chi connectivity index (χ3v) is 8.67. The molecule has 2 aromatic heterocycles. The number of anilines is 1. The van der Waals surface area contributed by atoms with Crippen LogP contribution in [0.4, 0.5) is 5.69 Å². The summed E-state index contributed by atoms with van der Waals surface area (Å²) in [7, 11) is -3.54. The fourth-order valence-electron chi connectivity index (χ4n) is 4.91. The van der Waals surface area contributed by atoms with E-state index in [9.17, 15) is 13.2 Å². The Hall–Kier alpha value is -3.04. The van der Waals surface area contributed by atoms with Crippen molar-refractivity contribution in [3.63, 3.8) is 0 Å². The number of hydrogen-bond donors (Lipinski definition) is 1. The molecule has 1 amide bonds. The summed E-state index contributed by atoms with van der Waals surface area (Å²) in [4.78, 5) is 17.6. The van der Waals surface area contributed by atoms with Crippen molar-refractivity contribution in [2.45, 2.75) is 50.8 Å². The number of carbonyl (C=O) groups excluding carboxylic acids is 1. The number of hydrogen-bond acceptors (Lipinski definition) is 5. The number of aryl methyl sites for hydroxylation is 4. The van der Waals surface area contributed by atoms with Crippen LogP contribution in [-0.4, -0.2) is 46.5 Å². The monoisotopic (exact) mass is 479 g/mol. The van der Waals surface area contributed by atoms with Gasteiger partial charge in [-0.05, 0) is 87.4 Å². The summed E-state index contributed by atoms with van der Waals surface area (Å²) >= 11 is 0. The van der Waals surface area contributed by atoms with Gasteiger partial charge in [-0.15, -0.1) is 0 Å². The number of fused-ring (bicyclic) bond motifs is 1. The Morgan fingerprint density at radius 1 is 1.03 bits per heavy atom. The highest BCUT2D eigenvalue weighted by atomic mass is 32.2. The maximum atomic E-state index is 13.1. The maximum absolute atomic E-state index is 13.1. The minimum atomic E-state index is -3.54. The molecule has 8 nitrogen and oxygen atoms in total. The Labute approximate surface area is 200 Å². The second kappa shape index (κ2) is 8.96. The molecule has 3 heterocycles. The lowest BCUT2D eigenvalue weighted by Crippen LogP contribution is -2.41. The van der Waals surface area contributed by atoms with E-state index in [1.807, 2.05) is 44.2 Å². The van der Waals surface area contributed by atoms with Gasteiger partial charge in [0.2, 0.25) is 15.9 Å². The first kappa shape index (κ1) is 22.7. The summed E-state index contributed by atoms with van der Waals surface area (Å²) in [5.41, 5.74) is 4.92. The molecule has 1 aliphatic carbocycles. The number of rotatable bonds is 5. The first-order chi connectivity index (χ1) is 16.3. The van der Waals surface area contributed by atoms with Crippen LogP contribution < -0.4 is 5.32 Å². The molecule has 1 N–H and O–H groups in total. The van der Waals surface area contributed by atoms with E-state index in [1.54, 1.807) is 16.9 Å². The highest BCUT2D eigenvalue weighted by molar-refractivity contribution is 7.89. The van der Waals surface area contributed by atoms with Crippen LogP contribution in [0.5, 0.6) is 0 Å². The van der Waals surface area contributed by atoms with Gasteiger partial charge in [0.05, 0.1) is 22.5 Å². The highest BCUT2D eigenvalue weighted by Crippen LogP contribution is 2.29. The molecule has 1 fully saturated rings. The molecular weight excluding hydrogens is 450 g/mol. The Morgan fingerprint density at radius 2 is 1.79 bits per heavy atom. The zero-order valence-electron chi connectivity index (χ0n) is 19.5. The van der Waals surface area contributed by atoms with Gasteiger partial charge < -0.3 is 5.32 Å². The van der Waals surface area contributed by atoms with E-state index in [0.29, 0.717) is 42.3 Å². The molecule has 5 rings (SSSR count). The van der Waals surface area contributed by atoms with Gasteiger partial charge in [0, 0.05) is 24.7 Å². The molecule has 1 saturated heterocycles. The van der Waals surface area contributed by atoms with E-state index in [0.717, 1.165) is 36.2 Å². The SMILES string of the molecule is Cc1cc(C)n(-c2ccc(NC(=O)C3CCN(S(=O)(=O)c4ccc5c(c4)CCC5)CC3)cn2)n1. The Bertz CT molecular complexity index is 1320. The zero-order chi connectivity index (χ0) is 23.9. The van der Waals surface area contributed by atoms with Crippen LogP contribution in [0.15, 0.2) is 47.5 Å². The summed E-state index contributed by atoms with van der Waals surface area (Å²) in [5, 5.41) is 7.35. The lowest BCUT2D eigenvalue weighted by Gasteiger charge is -2.30. The molecule has 1 aliphatic heterocycles. The first-order valence-electron chi connectivity index (χ1n) is 11.7. The normalized spacial score (nSPS) is 17.0. The molecular formula is C25H29N5O3S. The van der Waals surface area contributed by atoms with E-state index in [2.05, 4.69) is 15.4 Å². The number of amides is 1. The average Bonchev–Trinajstić information content (AvgIpc) is 3.44. The molecule has 0 saturated carbocycles. The zero-order valence-corrected chi connectivity index (χ0v) is 20.3. The fourth-order valence-corrected chi connectivity index (χ4v) is 6.43. The number of benzene rings is 1. The molecule has 0 radical (unpaired) electrons. The number of nitrogens with one attached hydrogen (secondary N) is 1. The third-order valence-electron chi connectivity index (χ3n) is 6.77. The predicted molar refractivity (Wildman–Crippen MR) is 129 cm³/mol. The second-order valence-corrected chi connectivity index (χ2v) is 11.1. The van der Waals surface area contributed by atoms with E-state index >= 15 is 0 Å². The van der Waals surface area contributed by atoms with E-state index in [1.165, 1.54) is 9.87 Å². The minimum Gasteiger partial charge on any atom is -0.324 e. The average molecular weight is 480 g/mol. The number of carbonyl (C=O) groups is 1. The largest absolute Gasteiger partial charge is 0.324 e. The van der Waals surface area contributed by atoms with Crippen molar-refractivity contribution in [2.75, 3.05) is 18.4 Å². The molecule has 178 valence electrons. The molecule has 3 aromatic rings. The fraction of sp³-hybridized carbons (Fsp3) is 0.400. The third kappa shape index (κ3) is 4.37. The molecule has 0 unspecified atom stereocenters. The van der Waals surface area contributed by atoms with Crippen LogP contribution in [0, 0.1) is 19.8 Å². The quantitative estimate of drug-likeness (QED) is 0.605. The molecule has 9 heteroatoms. The van der Waals surface area contributed by atoms with Crippen molar-refractivity contribution in [3.8, 4) is 5.82 Å². The van der Waals surface area contributed by atoms with Crippen LogP contribution >= 0.6 is 0 Å². The molecule has 1 aromatic carbocycles. The topological polar surface area (TPSA) is 97.2 Å². The molecule has 0 bridgehead atoms. The van der Waals surface area contributed by atoms with Crippen molar-refractivity contribution < 1.29 is 13.2 Å². The highest BCUT2D eigenvalue weighted by Gasteiger charge is 2.32. The summed E-state index contributed by atoms with van der Waals surface area (Å²) in [6.07, 6.45) is 5.66. The van der Waals surface area contributed by atoms with Crippen LogP contribution in [0.25, 0.3) is 5.82 Å². The predicted octanol–water partition coefficient (Wildman–Crippen LogP) is 3.41. The van der Waals surface area contributed by atoms with Crippen LogP contribution in [0.1, 0.15) is 41.8 Å². The lowest BCUT2D eigenvalue weighted by atomic mass is 9.97. The van der Waals surface area contributed by atoms with Crippen LogP contribution in [0.2, 0.25) is 0 Å². The number of nitrogens with zero attached hydrogens (tertiary/aromatic N) is 4. The summed E-state index contributed by atoms with van der Waals surface area (Å²) in [5.74, 6) is 0.353. The summed E-state index contributed by atoms with van der Waals surface area (Å²) in [6.45, 7) is 4.58. The molecule has 0 atom stereocenters. The van der Waals surface area contributed by atoms with Gasteiger partial charge in [-0.2, -0.15) is 9.40 Å². The lowest BCUT2D eigenvalue weighted by molar-refractivity contribution is -0.120. The van der Waals surface area contributed by atoms with Crippen molar-refractivity contribution in [2.24, 2.45) is 5.92 Å². The standard InChI is InChI=1S/C25H29N5O3S/c1-17-14-18(2)30(28-17)24-9-7-22(16-26-24)27-25(31)20-10-12-29(13-11-20)34(32,33)23-8-6-19-4-3-5-21(19)15-23/h6-9,14-16,20H,3-5,10-13H2,1-2H3,(H,27,31). The van der Waals surface area contributed by atoms with Crippen LogP contribution in [0.3, 0.4) is 0 Å². The van der Waals surface area contributed by atoms with Gasteiger partial charge in [-0.3, -0.25) is 4.79 Å². The molecule has 34 heavy (non-hydrogen) atoms. The maximum Gasteiger partial charge on any atom is 0.243 e. The van der Waals surface area contributed by atoms with E-state index in [4.69, 9.17) is 0 Å². The Morgan fingerprint density at radius 3 is 2.47 bits per heavy atom.